The van der Waals surface area contributed by atoms with Crippen LogP contribution in [0.4, 0.5) is 5.82 Å². The van der Waals surface area contributed by atoms with Crippen LogP contribution in [-0.2, 0) is 9.53 Å². The Balaban J connectivity index is 2.28. The highest BCUT2D eigenvalue weighted by molar-refractivity contribution is 6.28. The predicted molar refractivity (Wildman–Crippen MR) is 54.6 cm³/mol. The zero-order chi connectivity index (χ0) is 11.1. The molecule has 0 aliphatic rings. The van der Waals surface area contributed by atoms with E-state index in [-0.39, 0.29) is 17.7 Å². The maximum absolute atomic E-state index is 11.0. The Labute approximate surface area is 92.0 Å². The van der Waals surface area contributed by atoms with Gasteiger partial charge in [0.1, 0.15) is 5.82 Å². The Hall–Kier alpha value is -1.43. The molecule has 7 heteroatoms. The molecule has 1 aromatic heterocycles. The number of hydrogen-bond acceptors (Lipinski definition) is 6. The summed E-state index contributed by atoms with van der Waals surface area (Å²) in [5, 5.41) is 10.0. The van der Waals surface area contributed by atoms with Crippen molar-refractivity contribution in [2.45, 2.75) is 13.3 Å². The number of carbonyl (C=O) groups is 1. The summed E-state index contributed by atoms with van der Waals surface area (Å²) in [7, 11) is 0. The standard InChI is InChI=1S/C8H11ClN4O2/c1-2-15-7(14)3-4-10-6-5-11-13-8(9)12-6/h5H,2-4H2,1H3,(H,10,12,13). The van der Waals surface area contributed by atoms with Crippen LogP contribution in [0.5, 0.6) is 0 Å². The molecule has 1 heterocycles. The van der Waals surface area contributed by atoms with Gasteiger partial charge in [0.2, 0.25) is 5.28 Å². The van der Waals surface area contributed by atoms with E-state index >= 15 is 0 Å². The largest absolute Gasteiger partial charge is 0.466 e. The Kier molecular flexibility index (Phi) is 4.76. The van der Waals surface area contributed by atoms with Crippen LogP contribution in [-0.4, -0.2) is 34.3 Å². The van der Waals surface area contributed by atoms with Gasteiger partial charge in [-0.05, 0) is 18.5 Å². The van der Waals surface area contributed by atoms with Gasteiger partial charge in [0.15, 0.2) is 0 Å². The first-order valence-corrected chi connectivity index (χ1v) is 4.85. The molecule has 82 valence electrons. The monoisotopic (exact) mass is 230 g/mol. The molecule has 1 N–H and O–H groups in total. The van der Waals surface area contributed by atoms with Crippen LogP contribution in [0.2, 0.25) is 5.28 Å². The molecule has 0 amide bonds. The maximum Gasteiger partial charge on any atom is 0.307 e. The molecule has 0 aromatic carbocycles. The zero-order valence-corrected chi connectivity index (χ0v) is 8.99. The second-order valence-electron chi connectivity index (χ2n) is 2.59. The predicted octanol–water partition coefficient (Wildman–Crippen LogP) is 0.890. The van der Waals surface area contributed by atoms with E-state index < -0.39 is 0 Å². The van der Waals surface area contributed by atoms with E-state index in [0.717, 1.165) is 0 Å². The van der Waals surface area contributed by atoms with Gasteiger partial charge in [-0.3, -0.25) is 4.79 Å². The highest BCUT2D eigenvalue weighted by Crippen LogP contribution is 2.03. The van der Waals surface area contributed by atoms with Gasteiger partial charge in [0.05, 0.1) is 19.2 Å². The highest BCUT2D eigenvalue weighted by Gasteiger charge is 2.02. The second kappa shape index (κ2) is 6.13. The van der Waals surface area contributed by atoms with E-state index in [1.807, 2.05) is 0 Å². The number of carbonyl (C=O) groups excluding carboxylic acids is 1. The Morgan fingerprint density at radius 2 is 2.47 bits per heavy atom. The van der Waals surface area contributed by atoms with Gasteiger partial charge >= 0.3 is 5.97 Å². The minimum absolute atomic E-state index is 0.0659. The van der Waals surface area contributed by atoms with Crippen molar-refractivity contribution in [1.29, 1.82) is 0 Å². The van der Waals surface area contributed by atoms with E-state index in [1.165, 1.54) is 6.20 Å². The summed E-state index contributed by atoms with van der Waals surface area (Å²) in [6.07, 6.45) is 1.70. The topological polar surface area (TPSA) is 77.0 Å². The molecular formula is C8H11ClN4O2. The summed E-state index contributed by atoms with van der Waals surface area (Å²) in [5.74, 6) is 0.234. The zero-order valence-electron chi connectivity index (χ0n) is 8.23. The van der Waals surface area contributed by atoms with Crippen molar-refractivity contribution in [1.82, 2.24) is 15.2 Å². The van der Waals surface area contributed by atoms with Gasteiger partial charge in [-0.25, -0.2) is 0 Å². The van der Waals surface area contributed by atoms with Crippen molar-refractivity contribution in [3.05, 3.63) is 11.5 Å². The Bertz CT molecular complexity index is 334. The third kappa shape index (κ3) is 4.55. The van der Waals surface area contributed by atoms with Crippen LogP contribution in [0.15, 0.2) is 6.20 Å². The van der Waals surface area contributed by atoms with Crippen molar-refractivity contribution in [2.24, 2.45) is 0 Å². The Morgan fingerprint density at radius 3 is 3.13 bits per heavy atom. The van der Waals surface area contributed by atoms with Crippen molar-refractivity contribution in [3.8, 4) is 0 Å². The number of hydrogen-bond donors (Lipinski definition) is 1. The summed E-state index contributed by atoms with van der Waals surface area (Å²) in [6, 6.07) is 0. The number of rotatable bonds is 5. The number of ether oxygens (including phenoxy) is 1. The molecule has 0 bridgehead atoms. The molecule has 1 aromatic rings. The van der Waals surface area contributed by atoms with Crippen molar-refractivity contribution < 1.29 is 9.53 Å². The first kappa shape index (κ1) is 11.6. The normalized spacial score (nSPS) is 9.73. The quantitative estimate of drug-likeness (QED) is 0.757. The fourth-order valence-electron chi connectivity index (χ4n) is 0.893. The Morgan fingerprint density at radius 1 is 1.67 bits per heavy atom. The molecule has 0 unspecified atom stereocenters. The van der Waals surface area contributed by atoms with E-state index in [2.05, 4.69) is 20.5 Å². The number of esters is 1. The molecule has 0 fully saturated rings. The van der Waals surface area contributed by atoms with E-state index in [4.69, 9.17) is 16.3 Å². The van der Waals surface area contributed by atoms with Gasteiger partial charge < -0.3 is 10.1 Å². The average Bonchev–Trinajstić information content (AvgIpc) is 2.18. The van der Waals surface area contributed by atoms with Crippen LogP contribution in [0, 0.1) is 0 Å². The van der Waals surface area contributed by atoms with Gasteiger partial charge in [-0.15, -0.1) is 5.10 Å². The number of nitrogens with one attached hydrogen (secondary N) is 1. The molecular weight excluding hydrogens is 220 g/mol. The van der Waals surface area contributed by atoms with E-state index in [0.29, 0.717) is 19.0 Å². The summed E-state index contributed by atoms with van der Waals surface area (Å²) < 4.78 is 4.75. The molecule has 0 saturated carbocycles. The SMILES string of the molecule is CCOC(=O)CCNc1cnnc(Cl)n1. The fraction of sp³-hybridized carbons (Fsp3) is 0.500. The molecule has 0 aliphatic carbocycles. The van der Waals surface area contributed by atoms with Crippen LogP contribution in [0.1, 0.15) is 13.3 Å². The van der Waals surface area contributed by atoms with Crippen molar-refractivity contribution >= 4 is 23.4 Å². The summed E-state index contributed by atoms with van der Waals surface area (Å²) in [6.45, 7) is 2.58. The van der Waals surface area contributed by atoms with Crippen LogP contribution in [0.3, 0.4) is 0 Å². The van der Waals surface area contributed by atoms with E-state index in [1.54, 1.807) is 6.92 Å². The minimum Gasteiger partial charge on any atom is -0.466 e. The average molecular weight is 231 g/mol. The molecule has 0 aliphatic heterocycles. The van der Waals surface area contributed by atoms with E-state index in [9.17, 15) is 4.79 Å². The maximum atomic E-state index is 11.0. The third-order valence-electron chi connectivity index (χ3n) is 1.47. The van der Waals surface area contributed by atoms with Crippen molar-refractivity contribution in [2.75, 3.05) is 18.5 Å². The lowest BCUT2D eigenvalue weighted by atomic mass is 10.4. The molecule has 1 rings (SSSR count). The highest BCUT2D eigenvalue weighted by atomic mass is 35.5. The first-order valence-electron chi connectivity index (χ1n) is 4.47. The van der Waals surface area contributed by atoms with Crippen LogP contribution >= 0.6 is 11.6 Å². The summed E-state index contributed by atoms with van der Waals surface area (Å²) in [5.41, 5.74) is 0. The lowest BCUT2D eigenvalue weighted by Crippen LogP contribution is -2.12. The number of anilines is 1. The van der Waals surface area contributed by atoms with Gasteiger partial charge in [-0.2, -0.15) is 10.1 Å². The van der Waals surface area contributed by atoms with Gasteiger partial charge in [0, 0.05) is 6.54 Å². The minimum atomic E-state index is -0.252. The van der Waals surface area contributed by atoms with Crippen molar-refractivity contribution in [3.63, 3.8) is 0 Å². The molecule has 0 atom stereocenters. The molecule has 0 saturated heterocycles. The third-order valence-corrected chi connectivity index (χ3v) is 1.63. The molecule has 0 spiro atoms. The molecule has 15 heavy (non-hydrogen) atoms. The molecule has 0 radical (unpaired) electrons. The summed E-state index contributed by atoms with van der Waals surface area (Å²) in [4.78, 5) is 14.8. The lowest BCUT2D eigenvalue weighted by molar-refractivity contribution is -0.142. The van der Waals surface area contributed by atoms with Gasteiger partial charge in [-0.1, -0.05) is 0 Å². The van der Waals surface area contributed by atoms with Crippen LogP contribution < -0.4 is 5.32 Å². The lowest BCUT2D eigenvalue weighted by Gasteiger charge is -2.04. The summed E-state index contributed by atoms with van der Waals surface area (Å²) >= 11 is 5.52. The first-order chi connectivity index (χ1) is 7.22. The fourth-order valence-corrected chi connectivity index (χ4v) is 1.03. The molecule has 6 nitrogen and oxygen atoms in total. The smallest absolute Gasteiger partial charge is 0.307 e. The number of halogens is 1. The number of nitrogens with zero attached hydrogens (tertiary/aromatic N) is 3. The second-order valence-corrected chi connectivity index (χ2v) is 2.93. The van der Waals surface area contributed by atoms with Crippen LogP contribution in [0.25, 0.3) is 0 Å². The number of aromatic nitrogens is 3. The van der Waals surface area contributed by atoms with Gasteiger partial charge in [0.25, 0.3) is 0 Å².